The summed E-state index contributed by atoms with van der Waals surface area (Å²) < 4.78 is 29.0. The fourth-order valence-electron chi connectivity index (χ4n) is 5.65. The molecular formula is C32H28N2O8. The number of aromatic nitrogens is 2. The van der Waals surface area contributed by atoms with Crippen molar-refractivity contribution in [2.24, 2.45) is 0 Å². The third-order valence-electron chi connectivity index (χ3n) is 7.76. The van der Waals surface area contributed by atoms with Gasteiger partial charge >= 0.3 is 11.9 Å². The number of methoxy groups -OCH3 is 3. The Morgan fingerprint density at radius 3 is 2.48 bits per heavy atom. The molecule has 10 heteroatoms. The highest BCUT2D eigenvalue weighted by atomic mass is 16.6. The van der Waals surface area contributed by atoms with Crippen molar-refractivity contribution in [3.8, 4) is 28.6 Å². The van der Waals surface area contributed by atoms with Crippen molar-refractivity contribution >= 4 is 28.9 Å². The highest BCUT2D eigenvalue weighted by Crippen LogP contribution is 2.41. The van der Waals surface area contributed by atoms with Crippen molar-refractivity contribution in [1.82, 2.24) is 9.55 Å². The molecule has 42 heavy (non-hydrogen) atoms. The van der Waals surface area contributed by atoms with Gasteiger partial charge in [0.15, 0.2) is 11.5 Å². The number of hydrogen-bond donors (Lipinski definition) is 0. The zero-order chi connectivity index (χ0) is 29.6. The lowest BCUT2D eigenvalue weighted by molar-refractivity contribution is -0.186. The summed E-state index contributed by atoms with van der Waals surface area (Å²) in [5, 5.41) is 0.969. The van der Waals surface area contributed by atoms with Gasteiger partial charge in [-0.05, 0) is 48.4 Å². The molecule has 0 N–H and O–H groups in total. The molecule has 2 aromatic heterocycles. The van der Waals surface area contributed by atoms with Crippen molar-refractivity contribution < 1.29 is 33.3 Å². The molecule has 0 unspecified atom stereocenters. The smallest absolute Gasteiger partial charge is 0.355 e. The van der Waals surface area contributed by atoms with Crippen LogP contribution in [0.25, 0.3) is 28.4 Å². The largest absolute Gasteiger partial charge is 0.493 e. The number of hydrogen-bond acceptors (Lipinski definition) is 9. The van der Waals surface area contributed by atoms with E-state index in [4.69, 9.17) is 28.7 Å². The number of ether oxygens (including phenoxy) is 5. The SMILES string of the molecule is CC[C@@]1(OC(=O)/C=C/c2cc(OC)c(OC)c(OC)c2)C(=O)OCc2c1cc1n(c2=O)Cc2cc3ccccc3nc2-1. The Bertz CT molecular complexity index is 1830. The Balaban J connectivity index is 1.39. The predicted molar refractivity (Wildman–Crippen MR) is 154 cm³/mol. The number of carbonyl (C=O) groups excluding carboxylic acids is 2. The maximum atomic E-state index is 13.7. The zero-order valence-electron chi connectivity index (χ0n) is 23.6. The van der Waals surface area contributed by atoms with Gasteiger partial charge in [-0.15, -0.1) is 0 Å². The molecule has 0 radical (unpaired) electrons. The van der Waals surface area contributed by atoms with Crippen LogP contribution in [0.5, 0.6) is 17.2 Å². The first kappa shape index (κ1) is 27.1. The lowest BCUT2D eigenvalue weighted by Gasteiger charge is -2.35. The summed E-state index contributed by atoms with van der Waals surface area (Å²) >= 11 is 0. The fraction of sp³-hybridized carbons (Fsp3) is 0.250. The number of rotatable bonds is 7. The molecule has 10 nitrogen and oxygen atoms in total. The van der Waals surface area contributed by atoms with E-state index in [2.05, 4.69) is 0 Å². The summed E-state index contributed by atoms with van der Waals surface area (Å²) in [7, 11) is 4.48. The van der Waals surface area contributed by atoms with E-state index in [9.17, 15) is 14.4 Å². The maximum absolute atomic E-state index is 13.7. The third-order valence-corrected chi connectivity index (χ3v) is 7.76. The van der Waals surface area contributed by atoms with Gasteiger partial charge in [-0.1, -0.05) is 25.1 Å². The quantitative estimate of drug-likeness (QED) is 0.209. The molecule has 2 aliphatic heterocycles. The number of para-hydroxylation sites is 1. The molecule has 0 spiro atoms. The molecule has 2 aromatic carbocycles. The van der Waals surface area contributed by atoms with E-state index in [0.29, 0.717) is 46.3 Å². The van der Waals surface area contributed by atoms with E-state index in [1.807, 2.05) is 30.3 Å². The predicted octanol–water partition coefficient (Wildman–Crippen LogP) is 4.37. The molecule has 6 rings (SSSR count). The van der Waals surface area contributed by atoms with Crippen LogP contribution in [0, 0.1) is 0 Å². The van der Waals surface area contributed by atoms with Gasteiger partial charge in [-0.3, -0.25) is 4.79 Å². The maximum Gasteiger partial charge on any atom is 0.355 e. The minimum Gasteiger partial charge on any atom is -0.493 e. The average molecular weight is 569 g/mol. The lowest BCUT2D eigenvalue weighted by atomic mass is 9.85. The number of carbonyl (C=O) groups is 2. The Morgan fingerprint density at radius 1 is 1.05 bits per heavy atom. The van der Waals surface area contributed by atoms with E-state index in [0.717, 1.165) is 16.5 Å². The number of benzene rings is 2. The number of esters is 2. The summed E-state index contributed by atoms with van der Waals surface area (Å²) in [5.41, 5.74) is 1.96. The highest BCUT2D eigenvalue weighted by molar-refractivity contribution is 5.93. The molecule has 0 bridgehead atoms. The molecular weight excluding hydrogens is 540 g/mol. The summed E-state index contributed by atoms with van der Waals surface area (Å²) in [6, 6.07) is 14.8. The van der Waals surface area contributed by atoms with Crippen LogP contribution >= 0.6 is 0 Å². The van der Waals surface area contributed by atoms with E-state index in [1.165, 1.54) is 33.5 Å². The molecule has 2 aliphatic rings. The summed E-state index contributed by atoms with van der Waals surface area (Å²) in [6.45, 7) is 1.84. The molecule has 0 amide bonds. The minimum atomic E-state index is -1.81. The molecule has 0 saturated heterocycles. The van der Waals surface area contributed by atoms with E-state index in [1.54, 1.807) is 29.7 Å². The van der Waals surface area contributed by atoms with Gasteiger partial charge in [0.2, 0.25) is 11.4 Å². The van der Waals surface area contributed by atoms with Crippen molar-refractivity contribution in [2.45, 2.75) is 32.1 Å². The number of pyridine rings is 2. The molecule has 1 atom stereocenters. The van der Waals surface area contributed by atoms with Crippen LogP contribution in [-0.2, 0) is 37.8 Å². The van der Waals surface area contributed by atoms with Crippen LogP contribution in [0.2, 0.25) is 0 Å². The Labute approximate surface area is 241 Å². The summed E-state index contributed by atoms with van der Waals surface area (Å²) in [6.07, 6.45) is 2.76. The average Bonchev–Trinajstić information content (AvgIpc) is 3.37. The van der Waals surface area contributed by atoms with Crippen molar-refractivity contribution in [3.05, 3.63) is 87.2 Å². The number of fused-ring (bicyclic) bond motifs is 5. The Hall–Kier alpha value is -5.12. The topological polar surface area (TPSA) is 115 Å². The normalized spacial score (nSPS) is 16.9. The highest BCUT2D eigenvalue weighted by Gasteiger charge is 2.50. The van der Waals surface area contributed by atoms with E-state index < -0.39 is 17.5 Å². The van der Waals surface area contributed by atoms with Gasteiger partial charge in [0.25, 0.3) is 5.56 Å². The molecule has 0 fully saturated rings. The van der Waals surface area contributed by atoms with Crippen LogP contribution in [0.1, 0.15) is 35.6 Å². The third kappa shape index (κ3) is 4.18. The van der Waals surface area contributed by atoms with Crippen molar-refractivity contribution in [3.63, 3.8) is 0 Å². The van der Waals surface area contributed by atoms with Crippen LogP contribution in [-0.4, -0.2) is 42.8 Å². The molecule has 4 aromatic rings. The van der Waals surface area contributed by atoms with E-state index in [-0.39, 0.29) is 24.2 Å². The van der Waals surface area contributed by atoms with Gasteiger partial charge in [0.1, 0.15) is 6.61 Å². The van der Waals surface area contributed by atoms with Crippen molar-refractivity contribution in [2.75, 3.05) is 21.3 Å². The number of cyclic esters (lactones) is 1. The first-order valence-corrected chi connectivity index (χ1v) is 13.4. The lowest BCUT2D eigenvalue weighted by Crippen LogP contribution is -2.47. The minimum absolute atomic E-state index is 0.0590. The monoisotopic (exact) mass is 568 g/mol. The van der Waals surface area contributed by atoms with E-state index >= 15 is 0 Å². The first-order chi connectivity index (χ1) is 20.3. The van der Waals surface area contributed by atoms with Gasteiger partial charge in [0, 0.05) is 22.6 Å². The Morgan fingerprint density at radius 2 is 1.79 bits per heavy atom. The van der Waals surface area contributed by atoms with Gasteiger partial charge in [-0.2, -0.15) is 0 Å². The number of nitrogens with zero attached hydrogens (tertiary/aromatic N) is 2. The van der Waals surface area contributed by atoms with Crippen LogP contribution in [0.3, 0.4) is 0 Å². The van der Waals surface area contributed by atoms with Gasteiger partial charge in [0.05, 0.1) is 50.3 Å². The van der Waals surface area contributed by atoms with Gasteiger partial charge < -0.3 is 28.3 Å². The van der Waals surface area contributed by atoms with Crippen LogP contribution < -0.4 is 19.8 Å². The molecule has 0 saturated carbocycles. The fourth-order valence-corrected chi connectivity index (χ4v) is 5.65. The first-order valence-electron chi connectivity index (χ1n) is 13.4. The van der Waals surface area contributed by atoms with Crippen LogP contribution in [0.15, 0.2) is 59.4 Å². The molecule has 214 valence electrons. The second-order valence-electron chi connectivity index (χ2n) is 9.97. The summed E-state index contributed by atoms with van der Waals surface area (Å²) in [4.78, 5) is 45.0. The standard InChI is InChI=1S/C32H28N2O8/c1-5-32(42-27(35)11-10-18-12-25(38-2)29(40-4)26(13-18)39-3)22-15-24-28-20(14-19-8-6-7-9-23(19)33-28)16-34(24)30(36)21(22)17-41-31(32)37/h6-15H,5,16-17H2,1-4H3/b11-10+/t32-/m0/s1. The molecule has 4 heterocycles. The Kier molecular flexibility index (Phi) is 6.68. The van der Waals surface area contributed by atoms with Crippen molar-refractivity contribution in [1.29, 1.82) is 0 Å². The van der Waals surface area contributed by atoms with Crippen LogP contribution in [0.4, 0.5) is 0 Å². The zero-order valence-corrected chi connectivity index (χ0v) is 23.6. The second kappa shape index (κ2) is 10.4. The second-order valence-corrected chi connectivity index (χ2v) is 9.97. The van der Waals surface area contributed by atoms with Gasteiger partial charge in [-0.25, -0.2) is 14.6 Å². The molecule has 0 aliphatic carbocycles. The summed E-state index contributed by atoms with van der Waals surface area (Å²) in [5.74, 6) is -0.290.